The molecule has 0 aliphatic rings. The molecule has 2 rings (SSSR count). The zero-order valence-corrected chi connectivity index (χ0v) is 14.4. The number of ether oxygens (including phenoxy) is 1. The lowest BCUT2D eigenvalue weighted by atomic mass is 9.87. The van der Waals surface area contributed by atoms with Crippen LogP contribution >= 0.6 is 15.9 Å². The van der Waals surface area contributed by atoms with E-state index in [2.05, 4.69) is 61.0 Å². The van der Waals surface area contributed by atoms with E-state index in [1.165, 1.54) is 5.56 Å². The molecule has 0 aromatic heterocycles. The van der Waals surface area contributed by atoms with E-state index in [0.717, 1.165) is 21.3 Å². The molecule has 2 N–H and O–H groups in total. The van der Waals surface area contributed by atoms with Crippen LogP contribution in [0, 0.1) is 0 Å². The predicted molar refractivity (Wildman–Crippen MR) is 91.5 cm³/mol. The highest BCUT2D eigenvalue weighted by Crippen LogP contribution is 2.25. The highest BCUT2D eigenvalue weighted by atomic mass is 79.9. The van der Waals surface area contributed by atoms with Crippen molar-refractivity contribution in [2.75, 3.05) is 0 Å². The van der Waals surface area contributed by atoms with Crippen LogP contribution in [0.1, 0.15) is 37.5 Å². The summed E-state index contributed by atoms with van der Waals surface area (Å²) in [6.45, 7) is 7.67. The molecule has 0 spiro atoms. The summed E-state index contributed by atoms with van der Waals surface area (Å²) in [6.07, 6.45) is 0. The Morgan fingerprint density at radius 1 is 1.05 bits per heavy atom. The second-order valence-corrected chi connectivity index (χ2v) is 7.11. The maximum atomic E-state index is 5.89. The summed E-state index contributed by atoms with van der Waals surface area (Å²) in [4.78, 5) is 0. The van der Waals surface area contributed by atoms with Gasteiger partial charge in [-0.05, 0) is 34.7 Å². The summed E-state index contributed by atoms with van der Waals surface area (Å²) in [5.74, 6) is 0.848. The quantitative estimate of drug-likeness (QED) is 0.863. The number of benzene rings is 2. The Hall–Kier alpha value is -1.32. The molecule has 2 aromatic carbocycles. The second kappa shape index (κ2) is 6.63. The van der Waals surface area contributed by atoms with E-state index in [1.54, 1.807) is 0 Å². The lowest BCUT2D eigenvalue weighted by Gasteiger charge is -2.19. The van der Waals surface area contributed by atoms with Gasteiger partial charge >= 0.3 is 0 Å². The molecule has 112 valence electrons. The van der Waals surface area contributed by atoms with Gasteiger partial charge in [-0.1, -0.05) is 61.0 Å². The summed E-state index contributed by atoms with van der Waals surface area (Å²) in [7, 11) is 0. The van der Waals surface area contributed by atoms with Gasteiger partial charge in [-0.15, -0.1) is 0 Å². The van der Waals surface area contributed by atoms with Crippen LogP contribution in [-0.4, -0.2) is 0 Å². The minimum absolute atomic E-state index is 0.178. The fourth-order valence-corrected chi connectivity index (χ4v) is 2.52. The highest BCUT2D eigenvalue weighted by Gasteiger charge is 2.12. The minimum atomic E-state index is 0.178. The van der Waals surface area contributed by atoms with E-state index >= 15 is 0 Å². The van der Waals surface area contributed by atoms with Crippen LogP contribution in [0.5, 0.6) is 5.75 Å². The van der Waals surface area contributed by atoms with Crippen LogP contribution in [0.3, 0.4) is 0 Å². The van der Waals surface area contributed by atoms with Gasteiger partial charge in [0.25, 0.3) is 0 Å². The van der Waals surface area contributed by atoms with Crippen molar-refractivity contribution in [3.05, 3.63) is 63.6 Å². The number of hydrogen-bond donors (Lipinski definition) is 1. The fourth-order valence-electron chi connectivity index (χ4n) is 2.11. The molecule has 2 nitrogen and oxygen atoms in total. The van der Waals surface area contributed by atoms with Gasteiger partial charge in [0.05, 0.1) is 0 Å². The van der Waals surface area contributed by atoms with Crippen molar-refractivity contribution in [2.24, 2.45) is 5.73 Å². The number of hydrogen-bond acceptors (Lipinski definition) is 2. The third-order valence-corrected chi connectivity index (χ3v) is 3.95. The molecule has 0 radical (unpaired) electrons. The SMILES string of the molecule is CC(C)(C)c1ccc(COc2ccc(Br)cc2CN)cc1. The average molecular weight is 348 g/mol. The van der Waals surface area contributed by atoms with Crippen LogP contribution < -0.4 is 10.5 Å². The van der Waals surface area contributed by atoms with Gasteiger partial charge in [0, 0.05) is 16.6 Å². The van der Waals surface area contributed by atoms with Crippen LogP contribution in [0.25, 0.3) is 0 Å². The van der Waals surface area contributed by atoms with E-state index in [1.807, 2.05) is 18.2 Å². The van der Waals surface area contributed by atoms with Crippen molar-refractivity contribution < 1.29 is 4.74 Å². The van der Waals surface area contributed by atoms with Crippen molar-refractivity contribution >= 4 is 15.9 Å². The number of nitrogens with two attached hydrogens (primary N) is 1. The average Bonchev–Trinajstić information content (AvgIpc) is 2.45. The summed E-state index contributed by atoms with van der Waals surface area (Å²) >= 11 is 3.45. The highest BCUT2D eigenvalue weighted by molar-refractivity contribution is 9.10. The van der Waals surface area contributed by atoms with Gasteiger partial charge in [-0.2, -0.15) is 0 Å². The monoisotopic (exact) mass is 347 g/mol. The molecule has 21 heavy (non-hydrogen) atoms. The largest absolute Gasteiger partial charge is 0.489 e. The van der Waals surface area contributed by atoms with E-state index in [9.17, 15) is 0 Å². The van der Waals surface area contributed by atoms with Gasteiger partial charge in [0.2, 0.25) is 0 Å². The van der Waals surface area contributed by atoms with Crippen LogP contribution in [0.4, 0.5) is 0 Å². The third kappa shape index (κ3) is 4.32. The summed E-state index contributed by atoms with van der Waals surface area (Å²) in [5, 5.41) is 0. The van der Waals surface area contributed by atoms with Gasteiger partial charge in [-0.25, -0.2) is 0 Å². The molecule has 2 aromatic rings. The Kier molecular flexibility index (Phi) is 5.07. The Balaban J connectivity index is 2.07. The minimum Gasteiger partial charge on any atom is -0.489 e. The van der Waals surface area contributed by atoms with Crippen LogP contribution in [-0.2, 0) is 18.6 Å². The molecule has 0 aliphatic heterocycles. The molecular formula is C18H22BrNO. The van der Waals surface area contributed by atoms with Crippen molar-refractivity contribution in [1.29, 1.82) is 0 Å². The topological polar surface area (TPSA) is 35.2 Å². The number of halogens is 1. The number of rotatable bonds is 4. The lowest BCUT2D eigenvalue weighted by molar-refractivity contribution is 0.303. The Morgan fingerprint density at radius 2 is 1.71 bits per heavy atom. The molecule has 0 saturated heterocycles. The van der Waals surface area contributed by atoms with E-state index < -0.39 is 0 Å². The summed E-state index contributed by atoms with van der Waals surface area (Å²) < 4.78 is 6.91. The van der Waals surface area contributed by atoms with E-state index in [0.29, 0.717) is 13.2 Å². The molecule has 0 saturated carbocycles. The molecule has 0 amide bonds. The Labute approximate surface area is 135 Å². The standard InChI is InChI=1S/C18H22BrNO/c1-18(2,3)15-6-4-13(5-7-15)12-21-17-9-8-16(19)10-14(17)11-20/h4-10H,11-12,20H2,1-3H3. The zero-order valence-electron chi connectivity index (χ0n) is 12.8. The fraction of sp³-hybridized carbons (Fsp3) is 0.333. The first-order chi connectivity index (χ1) is 9.90. The Bertz CT molecular complexity index is 600. The summed E-state index contributed by atoms with van der Waals surface area (Å²) in [5.41, 5.74) is 9.44. The third-order valence-electron chi connectivity index (χ3n) is 3.46. The molecular weight excluding hydrogens is 326 g/mol. The normalized spacial score (nSPS) is 11.5. The van der Waals surface area contributed by atoms with Crippen LogP contribution in [0.2, 0.25) is 0 Å². The van der Waals surface area contributed by atoms with Crippen LogP contribution in [0.15, 0.2) is 46.9 Å². The van der Waals surface area contributed by atoms with Crippen molar-refractivity contribution in [3.8, 4) is 5.75 Å². The van der Waals surface area contributed by atoms with E-state index in [-0.39, 0.29) is 5.41 Å². The molecule has 0 bridgehead atoms. The smallest absolute Gasteiger partial charge is 0.124 e. The first-order valence-corrected chi connectivity index (χ1v) is 7.90. The van der Waals surface area contributed by atoms with Gasteiger partial charge in [0.1, 0.15) is 12.4 Å². The molecule has 0 unspecified atom stereocenters. The molecule has 0 aliphatic carbocycles. The van der Waals surface area contributed by atoms with Gasteiger partial charge in [0.15, 0.2) is 0 Å². The first-order valence-electron chi connectivity index (χ1n) is 7.11. The second-order valence-electron chi connectivity index (χ2n) is 6.19. The van der Waals surface area contributed by atoms with Gasteiger partial charge in [-0.3, -0.25) is 0 Å². The zero-order chi connectivity index (χ0) is 15.5. The molecule has 3 heteroatoms. The van der Waals surface area contributed by atoms with Crippen molar-refractivity contribution in [3.63, 3.8) is 0 Å². The van der Waals surface area contributed by atoms with Gasteiger partial charge < -0.3 is 10.5 Å². The van der Waals surface area contributed by atoms with E-state index in [4.69, 9.17) is 10.5 Å². The molecule has 0 heterocycles. The molecule has 0 atom stereocenters. The van der Waals surface area contributed by atoms with Crippen molar-refractivity contribution in [2.45, 2.75) is 39.3 Å². The maximum Gasteiger partial charge on any atom is 0.124 e. The first kappa shape index (κ1) is 16.1. The molecule has 0 fully saturated rings. The summed E-state index contributed by atoms with van der Waals surface area (Å²) in [6, 6.07) is 14.5. The predicted octanol–water partition coefficient (Wildman–Crippen LogP) is 4.78. The maximum absolute atomic E-state index is 5.89. The lowest BCUT2D eigenvalue weighted by Crippen LogP contribution is -2.11. The van der Waals surface area contributed by atoms with Crippen molar-refractivity contribution in [1.82, 2.24) is 0 Å². The Morgan fingerprint density at radius 3 is 2.29 bits per heavy atom.